The smallest absolute Gasteiger partial charge is 0.319 e. The molecule has 1 saturated heterocycles. The molecular weight excluding hydrogens is 226 g/mol. The summed E-state index contributed by atoms with van der Waals surface area (Å²) in [7, 11) is 0. The van der Waals surface area contributed by atoms with Crippen molar-refractivity contribution in [3.63, 3.8) is 0 Å². The summed E-state index contributed by atoms with van der Waals surface area (Å²) in [5.41, 5.74) is 0.497. The van der Waals surface area contributed by atoms with E-state index in [2.05, 4.69) is 10.6 Å². The van der Waals surface area contributed by atoms with E-state index in [0.717, 1.165) is 0 Å². The van der Waals surface area contributed by atoms with Gasteiger partial charge in [0.15, 0.2) is 0 Å². The first-order valence-electron chi connectivity index (χ1n) is 5.05. The lowest BCUT2D eigenvalue weighted by atomic mass is 10.2. The van der Waals surface area contributed by atoms with Gasteiger partial charge in [0, 0.05) is 17.8 Å². The molecule has 1 heterocycles. The lowest BCUT2D eigenvalue weighted by Crippen LogP contribution is -2.49. The third-order valence-corrected chi connectivity index (χ3v) is 2.31. The van der Waals surface area contributed by atoms with Gasteiger partial charge >= 0.3 is 6.03 Å². The molecule has 0 bridgehead atoms. The minimum atomic E-state index is -0.491. The van der Waals surface area contributed by atoms with Crippen molar-refractivity contribution in [2.75, 3.05) is 18.5 Å². The number of amides is 2. The molecule has 90 valence electrons. The number of carbonyl (C=O) groups is 1. The number of benzene rings is 1. The molecule has 1 fully saturated rings. The molecule has 7 heteroatoms. The molecule has 17 heavy (non-hydrogen) atoms. The average molecular weight is 237 g/mol. The number of nitrogens with zero attached hydrogens (tertiary/aromatic N) is 1. The highest BCUT2D eigenvalue weighted by molar-refractivity contribution is 5.89. The Hall–Kier alpha value is -2.15. The van der Waals surface area contributed by atoms with E-state index in [4.69, 9.17) is 4.74 Å². The van der Waals surface area contributed by atoms with Gasteiger partial charge in [-0.2, -0.15) is 0 Å². The van der Waals surface area contributed by atoms with Gasteiger partial charge in [0.05, 0.1) is 24.2 Å². The van der Waals surface area contributed by atoms with Crippen LogP contribution in [0.1, 0.15) is 0 Å². The van der Waals surface area contributed by atoms with Crippen molar-refractivity contribution in [2.45, 2.75) is 6.04 Å². The predicted octanol–water partition coefficient (Wildman–Crippen LogP) is 1.12. The van der Waals surface area contributed by atoms with Crippen LogP contribution in [-0.4, -0.2) is 30.2 Å². The van der Waals surface area contributed by atoms with E-state index in [1.54, 1.807) is 0 Å². The van der Waals surface area contributed by atoms with Crippen LogP contribution in [0.5, 0.6) is 0 Å². The zero-order valence-electron chi connectivity index (χ0n) is 8.88. The van der Waals surface area contributed by atoms with Crippen molar-refractivity contribution in [3.05, 3.63) is 34.4 Å². The highest BCUT2D eigenvalue weighted by Crippen LogP contribution is 2.15. The average Bonchev–Trinajstić information content (AvgIpc) is 2.24. The van der Waals surface area contributed by atoms with E-state index in [9.17, 15) is 14.9 Å². The maximum absolute atomic E-state index is 11.4. The first-order valence-corrected chi connectivity index (χ1v) is 5.05. The van der Waals surface area contributed by atoms with Gasteiger partial charge in [0.2, 0.25) is 0 Å². The lowest BCUT2D eigenvalue weighted by Gasteiger charge is -2.26. The number of anilines is 1. The quantitative estimate of drug-likeness (QED) is 0.608. The lowest BCUT2D eigenvalue weighted by molar-refractivity contribution is -0.384. The third kappa shape index (κ3) is 2.91. The molecule has 1 aromatic carbocycles. The number of carbonyl (C=O) groups excluding carboxylic acids is 1. The van der Waals surface area contributed by atoms with Gasteiger partial charge in [-0.05, 0) is 12.1 Å². The number of nitrogens with one attached hydrogen (secondary N) is 2. The van der Waals surface area contributed by atoms with Crippen LogP contribution >= 0.6 is 0 Å². The Kier molecular flexibility index (Phi) is 3.20. The van der Waals surface area contributed by atoms with E-state index in [1.165, 1.54) is 24.3 Å². The molecular formula is C10H11N3O4. The van der Waals surface area contributed by atoms with Gasteiger partial charge in [0.25, 0.3) is 5.69 Å². The van der Waals surface area contributed by atoms with Crippen LogP contribution in [0.4, 0.5) is 16.2 Å². The summed E-state index contributed by atoms with van der Waals surface area (Å²) in [6.07, 6.45) is 0. The predicted molar refractivity (Wildman–Crippen MR) is 59.9 cm³/mol. The molecule has 1 aliphatic rings. The fourth-order valence-corrected chi connectivity index (χ4v) is 1.34. The third-order valence-electron chi connectivity index (χ3n) is 2.31. The number of urea groups is 1. The Labute approximate surface area is 96.9 Å². The molecule has 0 unspecified atom stereocenters. The zero-order chi connectivity index (χ0) is 12.3. The van der Waals surface area contributed by atoms with Crippen molar-refractivity contribution in [3.8, 4) is 0 Å². The Bertz CT molecular complexity index is 428. The maximum atomic E-state index is 11.4. The molecule has 0 radical (unpaired) electrons. The normalized spacial score (nSPS) is 14.8. The molecule has 0 aromatic heterocycles. The molecule has 2 rings (SSSR count). The summed E-state index contributed by atoms with van der Waals surface area (Å²) in [6.45, 7) is 1.04. The second-order valence-corrected chi connectivity index (χ2v) is 3.64. The van der Waals surface area contributed by atoms with Crippen molar-refractivity contribution in [1.82, 2.24) is 5.32 Å². The minimum Gasteiger partial charge on any atom is -0.377 e. The van der Waals surface area contributed by atoms with Crippen LogP contribution in [0, 0.1) is 10.1 Å². The summed E-state index contributed by atoms with van der Waals surface area (Å²) >= 11 is 0. The minimum absolute atomic E-state index is 0.0108. The van der Waals surface area contributed by atoms with Crippen molar-refractivity contribution < 1.29 is 14.5 Å². The topological polar surface area (TPSA) is 93.5 Å². The Morgan fingerprint density at radius 3 is 2.47 bits per heavy atom. The number of non-ortho nitro benzene ring substituents is 1. The number of nitro benzene ring substituents is 1. The number of nitro groups is 1. The SMILES string of the molecule is O=C(Nc1ccc([N+](=O)[O-])cc1)NC1COC1. The van der Waals surface area contributed by atoms with Gasteiger partial charge in [-0.25, -0.2) is 4.79 Å². The van der Waals surface area contributed by atoms with E-state index in [1.807, 2.05) is 0 Å². The van der Waals surface area contributed by atoms with Crippen LogP contribution in [0.15, 0.2) is 24.3 Å². The van der Waals surface area contributed by atoms with E-state index < -0.39 is 4.92 Å². The van der Waals surface area contributed by atoms with Crippen molar-refractivity contribution >= 4 is 17.4 Å². The number of hydrogen-bond acceptors (Lipinski definition) is 4. The second kappa shape index (κ2) is 4.79. The summed E-state index contributed by atoms with van der Waals surface area (Å²) in [4.78, 5) is 21.4. The maximum Gasteiger partial charge on any atom is 0.319 e. The number of rotatable bonds is 3. The van der Waals surface area contributed by atoms with E-state index in [0.29, 0.717) is 18.9 Å². The van der Waals surface area contributed by atoms with E-state index in [-0.39, 0.29) is 17.8 Å². The van der Waals surface area contributed by atoms with Gasteiger partial charge in [-0.3, -0.25) is 10.1 Å². The van der Waals surface area contributed by atoms with Crippen molar-refractivity contribution in [1.29, 1.82) is 0 Å². The van der Waals surface area contributed by atoms with Crippen LogP contribution in [0.25, 0.3) is 0 Å². The summed E-state index contributed by atoms with van der Waals surface area (Å²) < 4.78 is 4.91. The Morgan fingerprint density at radius 2 is 2.00 bits per heavy atom. The van der Waals surface area contributed by atoms with Gasteiger partial charge in [0.1, 0.15) is 0 Å². The number of ether oxygens (including phenoxy) is 1. The zero-order valence-corrected chi connectivity index (χ0v) is 8.88. The largest absolute Gasteiger partial charge is 0.377 e. The summed E-state index contributed by atoms with van der Waals surface area (Å²) in [5.74, 6) is 0. The fraction of sp³-hybridized carbons (Fsp3) is 0.300. The van der Waals surface area contributed by atoms with Crippen molar-refractivity contribution in [2.24, 2.45) is 0 Å². The van der Waals surface area contributed by atoms with Gasteiger partial charge in [-0.1, -0.05) is 0 Å². The molecule has 1 aromatic rings. The highest BCUT2D eigenvalue weighted by Gasteiger charge is 2.20. The molecule has 0 aliphatic carbocycles. The Morgan fingerprint density at radius 1 is 1.35 bits per heavy atom. The standard InChI is InChI=1S/C10H11N3O4/c14-10(12-8-5-17-6-8)11-7-1-3-9(4-2-7)13(15)16/h1-4,8H,5-6H2,(H2,11,12,14). The first kappa shape index (κ1) is 11.3. The van der Waals surface area contributed by atoms with Crippen LogP contribution in [0.2, 0.25) is 0 Å². The molecule has 0 spiro atoms. The molecule has 0 atom stereocenters. The fourth-order valence-electron chi connectivity index (χ4n) is 1.34. The van der Waals surface area contributed by atoms with Crippen LogP contribution in [-0.2, 0) is 4.74 Å². The van der Waals surface area contributed by atoms with Crippen LogP contribution in [0.3, 0.4) is 0 Å². The summed E-state index contributed by atoms with van der Waals surface area (Å²) in [6, 6.07) is 5.34. The molecule has 2 amide bonds. The van der Waals surface area contributed by atoms with Gasteiger partial charge in [-0.15, -0.1) is 0 Å². The van der Waals surface area contributed by atoms with E-state index >= 15 is 0 Å². The monoisotopic (exact) mass is 237 g/mol. The molecule has 0 saturated carbocycles. The van der Waals surface area contributed by atoms with Crippen LogP contribution < -0.4 is 10.6 Å². The first-order chi connectivity index (χ1) is 8.15. The molecule has 2 N–H and O–H groups in total. The molecule has 7 nitrogen and oxygen atoms in total. The highest BCUT2D eigenvalue weighted by atomic mass is 16.6. The Balaban J connectivity index is 1.89. The van der Waals surface area contributed by atoms with Gasteiger partial charge < -0.3 is 15.4 Å². The number of hydrogen-bond donors (Lipinski definition) is 2. The summed E-state index contributed by atoms with van der Waals surface area (Å²) in [5, 5.41) is 15.7. The second-order valence-electron chi connectivity index (χ2n) is 3.64. The molecule has 1 aliphatic heterocycles.